The highest BCUT2D eigenvalue weighted by Crippen LogP contribution is 2.44. The summed E-state index contributed by atoms with van der Waals surface area (Å²) in [5, 5.41) is 12.3. The van der Waals surface area contributed by atoms with Crippen LogP contribution in [0.5, 0.6) is 0 Å². The molecule has 2 fully saturated rings. The summed E-state index contributed by atoms with van der Waals surface area (Å²) < 4.78 is 1.76. The molecule has 1 aliphatic heterocycles. The molecule has 0 bridgehead atoms. The maximum atomic E-state index is 12.1. The van der Waals surface area contributed by atoms with Gasteiger partial charge in [-0.3, -0.25) is 9.48 Å². The summed E-state index contributed by atoms with van der Waals surface area (Å²) in [5.74, 6) is -0.457. The molecule has 8 heteroatoms. The van der Waals surface area contributed by atoms with Gasteiger partial charge in [0.25, 0.3) is 5.91 Å². The number of nitrogens with one attached hydrogen (secondary N) is 3. The summed E-state index contributed by atoms with van der Waals surface area (Å²) in [5.41, 5.74) is 10.1. The number of amides is 1. The lowest BCUT2D eigenvalue weighted by Gasteiger charge is -2.43. The maximum Gasteiger partial charge on any atom is 0.252 e. The van der Waals surface area contributed by atoms with Gasteiger partial charge in [-0.05, 0) is 63.1 Å². The Bertz CT molecular complexity index is 1070. The Hall–Kier alpha value is -2.87. The molecular formula is C22H29N7O. The van der Waals surface area contributed by atoms with Crippen molar-refractivity contribution in [2.45, 2.75) is 44.6 Å². The highest BCUT2D eigenvalue weighted by Gasteiger charge is 2.36. The molecule has 5 rings (SSSR count). The lowest BCUT2D eigenvalue weighted by atomic mass is 9.67. The molecule has 1 amide bonds. The third-order valence-electron chi connectivity index (χ3n) is 7.00. The van der Waals surface area contributed by atoms with Crippen molar-refractivity contribution >= 4 is 22.6 Å². The fourth-order valence-corrected chi connectivity index (χ4v) is 5.17. The molecule has 3 aromatic rings. The van der Waals surface area contributed by atoms with Crippen molar-refractivity contribution in [2.24, 2.45) is 18.2 Å². The van der Waals surface area contributed by atoms with Gasteiger partial charge in [0.2, 0.25) is 0 Å². The van der Waals surface area contributed by atoms with Gasteiger partial charge in [-0.15, -0.1) is 0 Å². The van der Waals surface area contributed by atoms with Gasteiger partial charge in [0.15, 0.2) is 0 Å². The first kappa shape index (κ1) is 19.1. The molecule has 0 aromatic carbocycles. The Balaban J connectivity index is 1.44. The van der Waals surface area contributed by atoms with Crippen LogP contribution in [0.25, 0.3) is 22.3 Å². The van der Waals surface area contributed by atoms with Crippen molar-refractivity contribution in [3.8, 4) is 11.3 Å². The number of carbonyl (C=O) groups excluding carboxylic acids is 1. The second-order valence-electron chi connectivity index (χ2n) is 8.93. The number of carbonyl (C=O) groups is 1. The minimum atomic E-state index is -0.457. The lowest BCUT2D eigenvalue weighted by Crippen LogP contribution is -2.41. The SMILES string of the molecule is Cn1cc(-c2cc3c(NC4CCC5(CCNCC5)CC4)c(C(N)=O)cnc3[nH]2)cn1. The zero-order chi connectivity index (χ0) is 20.7. The molecule has 1 saturated carbocycles. The molecular weight excluding hydrogens is 378 g/mol. The first-order valence-corrected chi connectivity index (χ1v) is 10.8. The average Bonchev–Trinajstić information content (AvgIpc) is 3.37. The number of anilines is 1. The number of aryl methyl sites for hydroxylation is 1. The number of rotatable bonds is 4. The number of nitrogens with zero attached hydrogens (tertiary/aromatic N) is 3. The van der Waals surface area contributed by atoms with E-state index in [1.807, 2.05) is 25.5 Å². The number of primary amides is 1. The Kier molecular flexibility index (Phi) is 4.73. The van der Waals surface area contributed by atoms with Gasteiger partial charge in [-0.25, -0.2) is 4.98 Å². The number of piperidine rings is 1. The van der Waals surface area contributed by atoms with Crippen molar-refractivity contribution in [3.05, 3.63) is 30.2 Å². The number of hydrogen-bond donors (Lipinski definition) is 4. The van der Waals surface area contributed by atoms with Crippen LogP contribution in [0.15, 0.2) is 24.7 Å². The highest BCUT2D eigenvalue weighted by molar-refractivity contribution is 6.07. The normalized spacial score (nSPS) is 19.4. The summed E-state index contributed by atoms with van der Waals surface area (Å²) in [6.45, 7) is 2.27. The summed E-state index contributed by atoms with van der Waals surface area (Å²) in [6, 6.07) is 2.37. The van der Waals surface area contributed by atoms with Crippen LogP contribution in [0.1, 0.15) is 48.9 Å². The number of hydrogen-bond acceptors (Lipinski definition) is 5. The van der Waals surface area contributed by atoms with Crippen molar-refractivity contribution in [1.29, 1.82) is 0 Å². The summed E-state index contributed by atoms with van der Waals surface area (Å²) in [4.78, 5) is 19.9. The topological polar surface area (TPSA) is 114 Å². The van der Waals surface area contributed by atoms with E-state index in [4.69, 9.17) is 5.73 Å². The molecule has 4 heterocycles. The van der Waals surface area contributed by atoms with Crippen LogP contribution in [-0.4, -0.2) is 44.8 Å². The molecule has 158 valence electrons. The van der Waals surface area contributed by atoms with Crippen molar-refractivity contribution < 1.29 is 4.79 Å². The number of aromatic amines is 1. The minimum absolute atomic E-state index is 0.339. The summed E-state index contributed by atoms with van der Waals surface area (Å²) in [7, 11) is 1.89. The predicted octanol–water partition coefficient (Wildman–Crippen LogP) is 2.79. The molecule has 30 heavy (non-hydrogen) atoms. The third kappa shape index (κ3) is 3.45. The van der Waals surface area contributed by atoms with Gasteiger partial charge in [0, 0.05) is 36.4 Å². The standard InChI is InChI=1S/C22H29N7O/c1-29-13-14(11-26-29)18-10-16-19(17(20(23)30)12-25-21(16)28-18)27-15-2-4-22(5-3-15)6-8-24-9-7-22/h10-13,15,24H,2-9H2,1H3,(H2,23,30)(H2,25,27,28). The van der Waals surface area contributed by atoms with Crippen LogP contribution in [0, 0.1) is 5.41 Å². The van der Waals surface area contributed by atoms with Crippen LogP contribution < -0.4 is 16.4 Å². The number of aromatic nitrogens is 4. The van der Waals surface area contributed by atoms with Crippen LogP contribution in [0.3, 0.4) is 0 Å². The molecule has 1 aliphatic carbocycles. The van der Waals surface area contributed by atoms with Gasteiger partial charge in [0.1, 0.15) is 5.65 Å². The van der Waals surface area contributed by atoms with E-state index in [1.54, 1.807) is 10.9 Å². The number of pyridine rings is 1. The van der Waals surface area contributed by atoms with Crippen LogP contribution in [-0.2, 0) is 7.05 Å². The molecule has 3 aromatic heterocycles. The Labute approximate surface area is 175 Å². The summed E-state index contributed by atoms with van der Waals surface area (Å²) in [6.07, 6.45) is 12.6. The van der Waals surface area contributed by atoms with Crippen molar-refractivity contribution in [1.82, 2.24) is 25.1 Å². The quantitative estimate of drug-likeness (QED) is 0.531. The largest absolute Gasteiger partial charge is 0.381 e. The maximum absolute atomic E-state index is 12.1. The number of H-pyrrole nitrogens is 1. The van der Waals surface area contributed by atoms with E-state index in [2.05, 4.69) is 25.7 Å². The van der Waals surface area contributed by atoms with Gasteiger partial charge in [-0.2, -0.15) is 5.10 Å². The molecule has 5 N–H and O–H groups in total. The van der Waals surface area contributed by atoms with Gasteiger partial charge >= 0.3 is 0 Å². The van der Waals surface area contributed by atoms with Crippen LogP contribution >= 0.6 is 0 Å². The van der Waals surface area contributed by atoms with E-state index in [-0.39, 0.29) is 0 Å². The van der Waals surface area contributed by atoms with E-state index in [9.17, 15) is 4.79 Å². The minimum Gasteiger partial charge on any atom is -0.381 e. The number of nitrogens with two attached hydrogens (primary N) is 1. The van der Waals surface area contributed by atoms with E-state index < -0.39 is 5.91 Å². The van der Waals surface area contributed by atoms with Gasteiger partial charge < -0.3 is 21.4 Å². The first-order valence-electron chi connectivity index (χ1n) is 10.8. The van der Waals surface area contributed by atoms with E-state index in [0.717, 1.165) is 53.9 Å². The molecule has 8 nitrogen and oxygen atoms in total. The zero-order valence-corrected chi connectivity index (χ0v) is 17.4. The average molecular weight is 408 g/mol. The molecule has 2 aliphatic rings. The zero-order valence-electron chi connectivity index (χ0n) is 17.4. The predicted molar refractivity (Wildman–Crippen MR) is 117 cm³/mol. The lowest BCUT2D eigenvalue weighted by molar-refractivity contribution is 0.100. The van der Waals surface area contributed by atoms with Crippen molar-refractivity contribution in [2.75, 3.05) is 18.4 Å². The molecule has 0 unspecified atom stereocenters. The smallest absolute Gasteiger partial charge is 0.252 e. The molecule has 0 radical (unpaired) electrons. The highest BCUT2D eigenvalue weighted by atomic mass is 16.1. The van der Waals surface area contributed by atoms with Gasteiger partial charge in [-0.1, -0.05) is 0 Å². The second-order valence-corrected chi connectivity index (χ2v) is 8.93. The Morgan fingerprint density at radius 2 is 2.00 bits per heavy atom. The van der Waals surface area contributed by atoms with E-state index >= 15 is 0 Å². The third-order valence-corrected chi connectivity index (χ3v) is 7.00. The molecule has 0 atom stereocenters. The summed E-state index contributed by atoms with van der Waals surface area (Å²) >= 11 is 0. The number of fused-ring (bicyclic) bond motifs is 1. The second kappa shape index (κ2) is 7.43. The Morgan fingerprint density at radius 3 is 2.67 bits per heavy atom. The van der Waals surface area contributed by atoms with Crippen LogP contribution in [0.4, 0.5) is 5.69 Å². The monoisotopic (exact) mass is 407 g/mol. The molecule has 1 saturated heterocycles. The fraction of sp³-hybridized carbons (Fsp3) is 0.500. The van der Waals surface area contributed by atoms with E-state index in [0.29, 0.717) is 17.0 Å². The van der Waals surface area contributed by atoms with Gasteiger partial charge in [0.05, 0.1) is 23.1 Å². The fourth-order valence-electron chi connectivity index (χ4n) is 5.17. The van der Waals surface area contributed by atoms with E-state index in [1.165, 1.54) is 25.7 Å². The van der Waals surface area contributed by atoms with Crippen molar-refractivity contribution in [3.63, 3.8) is 0 Å². The first-order chi connectivity index (χ1) is 14.5. The Morgan fingerprint density at radius 1 is 1.23 bits per heavy atom. The van der Waals surface area contributed by atoms with Crippen LogP contribution in [0.2, 0.25) is 0 Å². The molecule has 1 spiro atoms.